The molecule has 0 aromatic heterocycles. The Balaban J connectivity index is 2.67. The maximum absolute atomic E-state index is 12.2. The smallest absolute Gasteiger partial charge is 0.176 e. The van der Waals surface area contributed by atoms with E-state index in [0.29, 0.717) is 19.5 Å². The van der Waals surface area contributed by atoms with Gasteiger partial charge in [0.05, 0.1) is 12.6 Å². The molecule has 0 heterocycles. The highest BCUT2D eigenvalue weighted by Gasteiger charge is 2.14. The minimum atomic E-state index is 0.120. The molecule has 0 N–H and O–H groups in total. The first-order valence-electron chi connectivity index (χ1n) is 6.81. The number of benzene rings is 1. The molecule has 0 aliphatic rings. The van der Waals surface area contributed by atoms with Gasteiger partial charge in [-0.15, -0.1) is 0 Å². The summed E-state index contributed by atoms with van der Waals surface area (Å²) in [4.78, 5) is 14.2. The Hall–Kier alpha value is -1.66. The van der Waals surface area contributed by atoms with Crippen molar-refractivity contribution >= 4 is 5.78 Å². The summed E-state index contributed by atoms with van der Waals surface area (Å²) in [5.41, 5.74) is 1.99. The molecule has 0 aliphatic carbocycles. The Morgan fingerprint density at radius 3 is 2.42 bits per heavy atom. The van der Waals surface area contributed by atoms with Gasteiger partial charge in [0, 0.05) is 24.6 Å². The molecule has 1 rings (SSSR count). The lowest BCUT2D eigenvalue weighted by Crippen LogP contribution is -2.36. The van der Waals surface area contributed by atoms with Crippen LogP contribution in [-0.4, -0.2) is 29.8 Å². The SMILES string of the molecule is CCc1ccc(C(=O)CN(CCC#N)C(C)C)cc1. The standard InChI is InChI=1S/C16H22N2O/c1-4-14-6-8-15(9-7-14)16(19)12-18(13(2)3)11-5-10-17/h6-9,13H,4-5,11-12H2,1-3H3. The van der Waals surface area contributed by atoms with Gasteiger partial charge in [-0.2, -0.15) is 5.26 Å². The highest BCUT2D eigenvalue weighted by Crippen LogP contribution is 2.08. The largest absolute Gasteiger partial charge is 0.293 e. The van der Waals surface area contributed by atoms with Crippen molar-refractivity contribution in [2.45, 2.75) is 39.7 Å². The molecule has 0 unspecified atom stereocenters. The molecule has 0 atom stereocenters. The second-order valence-corrected chi connectivity index (χ2v) is 4.95. The highest BCUT2D eigenvalue weighted by atomic mass is 16.1. The topological polar surface area (TPSA) is 44.1 Å². The van der Waals surface area contributed by atoms with Crippen LogP contribution in [0.25, 0.3) is 0 Å². The van der Waals surface area contributed by atoms with Crippen molar-refractivity contribution in [2.75, 3.05) is 13.1 Å². The zero-order valence-corrected chi connectivity index (χ0v) is 12.0. The number of hydrogen-bond donors (Lipinski definition) is 0. The van der Waals surface area contributed by atoms with E-state index in [1.807, 2.05) is 43.0 Å². The quantitative estimate of drug-likeness (QED) is 0.706. The van der Waals surface area contributed by atoms with Crippen LogP contribution < -0.4 is 0 Å². The lowest BCUT2D eigenvalue weighted by Gasteiger charge is -2.24. The molecule has 3 nitrogen and oxygen atoms in total. The lowest BCUT2D eigenvalue weighted by molar-refractivity contribution is 0.0908. The maximum Gasteiger partial charge on any atom is 0.176 e. The fourth-order valence-electron chi connectivity index (χ4n) is 1.92. The second-order valence-electron chi connectivity index (χ2n) is 4.95. The van der Waals surface area contributed by atoms with Crippen LogP contribution in [0.15, 0.2) is 24.3 Å². The van der Waals surface area contributed by atoms with Gasteiger partial charge in [-0.3, -0.25) is 9.69 Å². The molecule has 0 radical (unpaired) electrons. The van der Waals surface area contributed by atoms with E-state index in [1.165, 1.54) is 5.56 Å². The fraction of sp³-hybridized carbons (Fsp3) is 0.500. The van der Waals surface area contributed by atoms with Crippen LogP contribution in [0.5, 0.6) is 0 Å². The number of Topliss-reactive ketones (excluding diaryl/α,β-unsaturated/α-hetero) is 1. The Bertz CT molecular complexity index is 443. The molecule has 0 aliphatic heterocycles. The molecule has 1 aromatic carbocycles. The first kappa shape index (κ1) is 15.4. The molecular weight excluding hydrogens is 236 g/mol. The fourth-order valence-corrected chi connectivity index (χ4v) is 1.92. The highest BCUT2D eigenvalue weighted by molar-refractivity contribution is 5.97. The molecule has 0 fully saturated rings. The zero-order chi connectivity index (χ0) is 14.3. The van der Waals surface area contributed by atoms with Gasteiger partial charge < -0.3 is 0 Å². The molecule has 0 saturated carbocycles. The van der Waals surface area contributed by atoms with Crippen molar-refractivity contribution in [1.29, 1.82) is 5.26 Å². The van der Waals surface area contributed by atoms with Crippen LogP contribution in [0, 0.1) is 11.3 Å². The predicted molar refractivity (Wildman–Crippen MR) is 77.1 cm³/mol. The Morgan fingerprint density at radius 2 is 1.95 bits per heavy atom. The van der Waals surface area contributed by atoms with Crippen molar-refractivity contribution in [1.82, 2.24) is 4.90 Å². The first-order valence-corrected chi connectivity index (χ1v) is 6.81. The zero-order valence-electron chi connectivity index (χ0n) is 12.0. The van der Waals surface area contributed by atoms with Crippen LogP contribution in [-0.2, 0) is 6.42 Å². The number of aryl methyl sites for hydroxylation is 1. The van der Waals surface area contributed by atoms with Gasteiger partial charge in [0.1, 0.15) is 0 Å². The van der Waals surface area contributed by atoms with Crippen molar-refractivity contribution < 1.29 is 4.79 Å². The minimum Gasteiger partial charge on any atom is -0.293 e. The monoisotopic (exact) mass is 258 g/mol. The summed E-state index contributed by atoms with van der Waals surface area (Å²) >= 11 is 0. The third kappa shape index (κ3) is 4.84. The summed E-state index contributed by atoms with van der Waals surface area (Å²) in [6, 6.07) is 10.2. The van der Waals surface area contributed by atoms with Crippen molar-refractivity contribution in [3.8, 4) is 6.07 Å². The van der Waals surface area contributed by atoms with E-state index in [9.17, 15) is 4.79 Å². The molecule has 3 heteroatoms. The average molecular weight is 258 g/mol. The number of hydrogen-bond acceptors (Lipinski definition) is 3. The van der Waals surface area contributed by atoms with Crippen LogP contribution >= 0.6 is 0 Å². The van der Waals surface area contributed by atoms with Gasteiger partial charge in [-0.05, 0) is 25.8 Å². The number of rotatable bonds is 7. The van der Waals surface area contributed by atoms with E-state index in [4.69, 9.17) is 5.26 Å². The van der Waals surface area contributed by atoms with Gasteiger partial charge in [0.25, 0.3) is 0 Å². The summed E-state index contributed by atoms with van der Waals surface area (Å²) in [5, 5.41) is 8.64. The van der Waals surface area contributed by atoms with Crippen molar-refractivity contribution in [3.05, 3.63) is 35.4 Å². The van der Waals surface area contributed by atoms with Crippen LogP contribution in [0.4, 0.5) is 0 Å². The molecule has 102 valence electrons. The van der Waals surface area contributed by atoms with Gasteiger partial charge in [-0.25, -0.2) is 0 Å². The summed E-state index contributed by atoms with van der Waals surface area (Å²) < 4.78 is 0. The summed E-state index contributed by atoms with van der Waals surface area (Å²) in [5.74, 6) is 0.120. The molecule has 0 bridgehead atoms. The van der Waals surface area contributed by atoms with Crippen LogP contribution in [0.1, 0.15) is 43.1 Å². The van der Waals surface area contributed by atoms with E-state index in [1.54, 1.807) is 0 Å². The predicted octanol–water partition coefficient (Wildman–Crippen LogP) is 3.06. The van der Waals surface area contributed by atoms with Gasteiger partial charge in [-0.1, -0.05) is 31.2 Å². The number of nitrogens with zero attached hydrogens (tertiary/aromatic N) is 2. The molecule has 0 saturated heterocycles. The number of carbonyl (C=O) groups is 1. The van der Waals surface area contributed by atoms with Gasteiger partial charge in [0.2, 0.25) is 0 Å². The number of nitriles is 1. The molecule has 19 heavy (non-hydrogen) atoms. The van der Waals surface area contributed by atoms with Gasteiger partial charge >= 0.3 is 0 Å². The summed E-state index contributed by atoms with van der Waals surface area (Å²) in [6.07, 6.45) is 1.44. The minimum absolute atomic E-state index is 0.120. The third-order valence-corrected chi connectivity index (χ3v) is 3.27. The first-order chi connectivity index (χ1) is 9.08. The third-order valence-electron chi connectivity index (χ3n) is 3.27. The van der Waals surface area contributed by atoms with E-state index >= 15 is 0 Å². The van der Waals surface area contributed by atoms with E-state index in [-0.39, 0.29) is 11.8 Å². The van der Waals surface area contributed by atoms with Crippen LogP contribution in [0.2, 0.25) is 0 Å². The second kappa shape index (κ2) is 7.70. The number of carbonyl (C=O) groups excluding carboxylic acids is 1. The average Bonchev–Trinajstić information content (AvgIpc) is 2.43. The van der Waals surface area contributed by atoms with E-state index in [0.717, 1.165) is 12.0 Å². The molecule has 1 aromatic rings. The maximum atomic E-state index is 12.2. The van der Waals surface area contributed by atoms with Crippen molar-refractivity contribution in [2.24, 2.45) is 0 Å². The molecule has 0 spiro atoms. The van der Waals surface area contributed by atoms with E-state index in [2.05, 4.69) is 13.0 Å². The van der Waals surface area contributed by atoms with Crippen molar-refractivity contribution in [3.63, 3.8) is 0 Å². The van der Waals surface area contributed by atoms with Gasteiger partial charge in [0.15, 0.2) is 5.78 Å². The molecule has 0 amide bonds. The normalized spacial score (nSPS) is 10.7. The Morgan fingerprint density at radius 1 is 1.32 bits per heavy atom. The summed E-state index contributed by atoms with van der Waals surface area (Å²) in [6.45, 7) is 7.21. The number of ketones is 1. The van der Waals surface area contributed by atoms with Crippen LogP contribution in [0.3, 0.4) is 0 Å². The van der Waals surface area contributed by atoms with E-state index < -0.39 is 0 Å². The lowest BCUT2D eigenvalue weighted by atomic mass is 10.1. The Labute approximate surface area is 115 Å². The summed E-state index contributed by atoms with van der Waals surface area (Å²) in [7, 11) is 0. The molecular formula is C16H22N2O. The Kier molecular flexibility index (Phi) is 6.24.